The molecule has 29 heavy (non-hydrogen) atoms. The molecule has 3 N–H and O–H groups in total. The van der Waals surface area contributed by atoms with Gasteiger partial charge in [-0.1, -0.05) is 30.3 Å². The topological polar surface area (TPSA) is 135 Å². The molecule has 0 aliphatic heterocycles. The third kappa shape index (κ3) is 3.86. The fraction of sp³-hybridized carbons (Fsp3) is 0.0526. The molecule has 0 saturated heterocycles. The second-order valence-electron chi connectivity index (χ2n) is 6.15. The van der Waals surface area contributed by atoms with Crippen LogP contribution in [0.5, 0.6) is 0 Å². The lowest BCUT2D eigenvalue weighted by Crippen LogP contribution is -2.42. The van der Waals surface area contributed by atoms with E-state index < -0.39 is 17.4 Å². The van der Waals surface area contributed by atoms with Gasteiger partial charge in [-0.15, -0.1) is 0 Å². The summed E-state index contributed by atoms with van der Waals surface area (Å²) in [5.74, 6) is -1.13. The quantitative estimate of drug-likeness (QED) is 0.439. The maximum absolute atomic E-state index is 12.4. The van der Waals surface area contributed by atoms with Crippen molar-refractivity contribution < 1.29 is 9.59 Å². The van der Waals surface area contributed by atoms with Crippen LogP contribution >= 0.6 is 0 Å². The summed E-state index contributed by atoms with van der Waals surface area (Å²) in [5.41, 5.74) is 5.58. The van der Waals surface area contributed by atoms with E-state index in [1.54, 1.807) is 59.5 Å². The number of hydrogen-bond donors (Lipinski definition) is 3. The van der Waals surface area contributed by atoms with Crippen LogP contribution in [-0.4, -0.2) is 36.8 Å². The van der Waals surface area contributed by atoms with Crippen LogP contribution in [0.3, 0.4) is 0 Å². The Morgan fingerprint density at radius 1 is 0.966 bits per heavy atom. The number of nitrogens with zero attached hydrogens (tertiary/aromatic N) is 4. The molecule has 0 saturated carbocycles. The maximum atomic E-state index is 12.4. The monoisotopic (exact) mass is 389 g/mol. The summed E-state index contributed by atoms with van der Waals surface area (Å²) in [6.07, 6.45) is 3.05. The highest BCUT2D eigenvalue weighted by Crippen LogP contribution is 2.12. The Balaban J connectivity index is 1.42. The normalized spacial score (nSPS) is 10.6. The van der Waals surface area contributed by atoms with Crippen molar-refractivity contribution in [3.63, 3.8) is 0 Å². The average molecular weight is 389 g/mol. The average Bonchev–Trinajstić information content (AvgIpc) is 3.26. The number of aromatic nitrogens is 5. The zero-order valence-electron chi connectivity index (χ0n) is 15.0. The molecule has 0 spiro atoms. The van der Waals surface area contributed by atoms with Gasteiger partial charge in [0.25, 0.3) is 17.4 Å². The van der Waals surface area contributed by atoms with Crippen molar-refractivity contribution in [3.8, 4) is 0 Å². The summed E-state index contributed by atoms with van der Waals surface area (Å²) >= 11 is 0. The number of fused-ring (bicyclic) bond motifs is 1. The summed E-state index contributed by atoms with van der Waals surface area (Å²) in [6.45, 7) is 0.531. The molecule has 0 atom stereocenters. The van der Waals surface area contributed by atoms with Crippen LogP contribution in [0.1, 0.15) is 26.4 Å². The molecule has 2 aromatic heterocycles. The molecule has 4 aromatic rings. The fourth-order valence-electron chi connectivity index (χ4n) is 2.80. The second-order valence-corrected chi connectivity index (χ2v) is 6.15. The molecule has 4 rings (SSSR count). The van der Waals surface area contributed by atoms with Crippen molar-refractivity contribution in [2.45, 2.75) is 6.54 Å². The largest absolute Gasteiger partial charge is 0.290 e. The second kappa shape index (κ2) is 7.72. The van der Waals surface area contributed by atoms with Crippen LogP contribution < -0.4 is 16.4 Å². The molecule has 10 heteroatoms. The molecule has 2 heterocycles. The van der Waals surface area contributed by atoms with E-state index in [1.807, 2.05) is 0 Å². The van der Waals surface area contributed by atoms with Crippen LogP contribution in [0.4, 0.5) is 0 Å². The molecule has 144 valence electrons. The Bertz CT molecular complexity index is 1230. The van der Waals surface area contributed by atoms with Gasteiger partial charge in [0.15, 0.2) is 5.69 Å². The van der Waals surface area contributed by atoms with Crippen LogP contribution in [0, 0.1) is 0 Å². The van der Waals surface area contributed by atoms with Gasteiger partial charge in [0, 0.05) is 10.9 Å². The Morgan fingerprint density at radius 3 is 2.41 bits per heavy atom. The lowest BCUT2D eigenvalue weighted by Gasteiger charge is -2.09. The lowest BCUT2D eigenvalue weighted by molar-refractivity contribution is 0.0844. The number of carbonyl (C=O) groups excluding carboxylic acids is 2. The first kappa shape index (κ1) is 18.0. The highest BCUT2D eigenvalue weighted by molar-refractivity contribution is 6.05. The van der Waals surface area contributed by atoms with E-state index >= 15 is 0 Å². The number of amides is 2. The predicted molar refractivity (Wildman–Crippen MR) is 103 cm³/mol. The van der Waals surface area contributed by atoms with Gasteiger partial charge >= 0.3 is 0 Å². The van der Waals surface area contributed by atoms with Gasteiger partial charge in [-0.05, 0) is 23.8 Å². The summed E-state index contributed by atoms with van der Waals surface area (Å²) in [4.78, 5) is 40.4. The van der Waals surface area contributed by atoms with Gasteiger partial charge < -0.3 is 0 Å². The molecule has 2 aromatic carbocycles. The fourth-order valence-corrected chi connectivity index (χ4v) is 2.80. The lowest BCUT2D eigenvalue weighted by atomic mass is 10.1. The smallest absolute Gasteiger partial charge is 0.267 e. The molecular formula is C19H15N7O3. The Kier molecular flexibility index (Phi) is 4.81. The van der Waals surface area contributed by atoms with Crippen LogP contribution in [0.2, 0.25) is 0 Å². The minimum Gasteiger partial charge on any atom is -0.267 e. The SMILES string of the molecule is O=C(NNC(=O)c1n[nH]c(=O)c2ccccc12)c1ccc(Cn2cncn2)cc1. The van der Waals surface area contributed by atoms with Crippen LogP contribution in [-0.2, 0) is 6.54 Å². The highest BCUT2D eigenvalue weighted by Gasteiger charge is 2.15. The Hall–Kier alpha value is -4.34. The number of nitrogens with one attached hydrogen (secondary N) is 3. The van der Waals surface area contributed by atoms with E-state index in [4.69, 9.17) is 0 Å². The molecular weight excluding hydrogens is 374 g/mol. The van der Waals surface area contributed by atoms with Crippen molar-refractivity contribution in [3.05, 3.63) is 88.4 Å². The maximum Gasteiger partial charge on any atom is 0.290 e. The van der Waals surface area contributed by atoms with Crippen molar-refractivity contribution in [1.82, 2.24) is 35.8 Å². The number of hydrazine groups is 1. The van der Waals surface area contributed by atoms with Gasteiger partial charge in [-0.3, -0.25) is 25.2 Å². The number of H-pyrrole nitrogens is 1. The van der Waals surface area contributed by atoms with Crippen molar-refractivity contribution >= 4 is 22.6 Å². The summed E-state index contributed by atoms with van der Waals surface area (Å²) in [5, 5.41) is 10.8. The first-order valence-corrected chi connectivity index (χ1v) is 8.61. The summed E-state index contributed by atoms with van der Waals surface area (Å²) < 4.78 is 1.66. The van der Waals surface area contributed by atoms with Gasteiger partial charge in [0.05, 0.1) is 11.9 Å². The van der Waals surface area contributed by atoms with E-state index in [-0.39, 0.29) is 5.69 Å². The van der Waals surface area contributed by atoms with E-state index in [0.717, 1.165) is 5.56 Å². The first-order chi connectivity index (χ1) is 14.1. The van der Waals surface area contributed by atoms with E-state index in [1.165, 1.54) is 6.33 Å². The van der Waals surface area contributed by atoms with E-state index in [9.17, 15) is 14.4 Å². The zero-order valence-corrected chi connectivity index (χ0v) is 15.0. The molecule has 0 aliphatic carbocycles. The highest BCUT2D eigenvalue weighted by atomic mass is 16.2. The third-order valence-corrected chi connectivity index (χ3v) is 4.23. The summed E-state index contributed by atoms with van der Waals surface area (Å²) in [7, 11) is 0. The molecule has 0 bridgehead atoms. The number of aromatic amines is 1. The minimum absolute atomic E-state index is 0.00341. The molecule has 0 aliphatic rings. The molecule has 0 radical (unpaired) electrons. The third-order valence-electron chi connectivity index (χ3n) is 4.23. The van der Waals surface area contributed by atoms with Crippen molar-refractivity contribution in [1.29, 1.82) is 0 Å². The number of carbonyl (C=O) groups is 2. The standard InChI is InChI=1S/C19H15N7O3/c27-17(13-7-5-12(6-8-13)9-26-11-20-10-21-26)23-25-19(29)16-14-3-1-2-4-15(14)18(28)24-22-16/h1-8,10-11H,9H2,(H,23,27)(H,24,28)(H,25,29). The van der Waals surface area contributed by atoms with E-state index in [2.05, 4.69) is 31.1 Å². The molecule has 0 unspecified atom stereocenters. The first-order valence-electron chi connectivity index (χ1n) is 8.61. The van der Waals surface area contributed by atoms with Gasteiger partial charge in [0.1, 0.15) is 12.7 Å². The molecule has 2 amide bonds. The molecule has 10 nitrogen and oxygen atoms in total. The minimum atomic E-state index is -0.645. The van der Waals surface area contributed by atoms with Crippen LogP contribution in [0.15, 0.2) is 66.0 Å². The Labute approximate surface area is 163 Å². The van der Waals surface area contributed by atoms with Crippen molar-refractivity contribution in [2.24, 2.45) is 0 Å². The van der Waals surface area contributed by atoms with E-state index in [0.29, 0.717) is 22.9 Å². The number of benzene rings is 2. The van der Waals surface area contributed by atoms with Gasteiger partial charge in [-0.25, -0.2) is 14.8 Å². The number of hydrogen-bond acceptors (Lipinski definition) is 6. The number of rotatable bonds is 4. The summed E-state index contributed by atoms with van der Waals surface area (Å²) in [6, 6.07) is 13.4. The van der Waals surface area contributed by atoms with Crippen LogP contribution in [0.25, 0.3) is 10.8 Å². The predicted octanol–water partition coefficient (Wildman–Crippen LogP) is 0.638. The Morgan fingerprint density at radius 2 is 1.69 bits per heavy atom. The zero-order chi connectivity index (χ0) is 20.2. The van der Waals surface area contributed by atoms with Crippen molar-refractivity contribution in [2.75, 3.05) is 0 Å². The van der Waals surface area contributed by atoms with Gasteiger partial charge in [0.2, 0.25) is 0 Å². The molecule has 0 fully saturated rings. The van der Waals surface area contributed by atoms with Gasteiger partial charge in [-0.2, -0.15) is 10.2 Å².